The second kappa shape index (κ2) is 5.34. The smallest absolute Gasteiger partial charge is 0.177 e. The lowest BCUT2D eigenvalue weighted by molar-refractivity contribution is -0.124. The van der Waals surface area contributed by atoms with Gasteiger partial charge in [-0.25, -0.2) is 4.99 Å². The van der Waals surface area contributed by atoms with E-state index in [1.165, 1.54) is 0 Å². The Balaban J connectivity index is 1.90. The van der Waals surface area contributed by atoms with Gasteiger partial charge in [-0.15, -0.1) is 0 Å². The zero-order chi connectivity index (χ0) is 17.1. The molecule has 5 nitrogen and oxygen atoms in total. The number of pyridine rings is 1. The summed E-state index contributed by atoms with van der Waals surface area (Å²) in [5.41, 5.74) is 3.76. The van der Waals surface area contributed by atoms with Crippen LogP contribution >= 0.6 is 15.9 Å². The third-order valence-electron chi connectivity index (χ3n) is 4.96. The highest BCUT2D eigenvalue weighted by Gasteiger charge is 2.47. The molecule has 4 rings (SSSR count). The normalized spacial score (nSPS) is 25.0. The molecular formula is C18H19BrN4O. The quantitative estimate of drug-likeness (QED) is 0.801. The molecule has 24 heavy (non-hydrogen) atoms. The fraction of sp³-hybridized carbons (Fsp3) is 0.444. The molecule has 2 aromatic rings. The summed E-state index contributed by atoms with van der Waals surface area (Å²) in [5, 5.41) is 7.38. The number of carbonyl (C=O) groups is 1. The van der Waals surface area contributed by atoms with Crippen LogP contribution in [-0.4, -0.2) is 26.7 Å². The number of rotatable bonds is 1. The summed E-state index contributed by atoms with van der Waals surface area (Å²) in [6, 6.07) is 3.96. The van der Waals surface area contributed by atoms with Gasteiger partial charge in [0.05, 0.1) is 5.92 Å². The standard InChI is InChI=1S/C18H19BrN4O/c1-9-14-16(11-5-4-10(19)8-20-11)15-12(21-17(14)23-22-9)6-18(2,3)7-13(15)24/h4-5,8,15-16H,6-7H2,1-3H3,(H,22,23). The van der Waals surface area contributed by atoms with Gasteiger partial charge in [0, 0.05) is 45.7 Å². The first-order chi connectivity index (χ1) is 11.4. The highest BCUT2D eigenvalue weighted by atomic mass is 79.9. The Bertz CT molecular complexity index is 850. The maximum atomic E-state index is 13.0. The van der Waals surface area contributed by atoms with Crippen molar-refractivity contribution < 1.29 is 4.79 Å². The number of ketones is 1. The summed E-state index contributed by atoms with van der Waals surface area (Å²) in [6.07, 6.45) is 3.19. The van der Waals surface area contributed by atoms with Crippen molar-refractivity contribution >= 4 is 33.2 Å². The van der Waals surface area contributed by atoms with Crippen LogP contribution < -0.4 is 0 Å². The van der Waals surface area contributed by atoms with Crippen LogP contribution in [0, 0.1) is 18.3 Å². The van der Waals surface area contributed by atoms with E-state index in [4.69, 9.17) is 4.99 Å². The van der Waals surface area contributed by atoms with Crippen LogP contribution in [0.4, 0.5) is 5.82 Å². The molecule has 2 aliphatic rings. The number of fused-ring (bicyclic) bond motifs is 2. The number of aliphatic imine (C=N–C) groups is 1. The Morgan fingerprint density at radius 2 is 2.04 bits per heavy atom. The molecule has 2 unspecified atom stereocenters. The molecule has 3 heterocycles. The minimum atomic E-state index is -0.226. The van der Waals surface area contributed by atoms with Gasteiger partial charge in [0.2, 0.25) is 0 Å². The average molecular weight is 387 g/mol. The molecule has 2 aromatic heterocycles. The first kappa shape index (κ1) is 15.7. The van der Waals surface area contributed by atoms with Crippen LogP contribution in [0.3, 0.4) is 0 Å². The summed E-state index contributed by atoms with van der Waals surface area (Å²) in [5.74, 6) is 0.628. The second-order valence-corrected chi connectivity index (χ2v) is 8.45. The van der Waals surface area contributed by atoms with E-state index in [1.54, 1.807) is 6.20 Å². The number of Topliss-reactive ketones (excluding diaryl/α,β-unsaturated/α-hetero) is 1. The maximum Gasteiger partial charge on any atom is 0.177 e. The van der Waals surface area contributed by atoms with E-state index in [0.717, 1.165) is 33.6 Å². The van der Waals surface area contributed by atoms with Gasteiger partial charge >= 0.3 is 0 Å². The molecule has 0 amide bonds. The molecular weight excluding hydrogens is 368 g/mol. The number of nitrogens with zero attached hydrogens (tertiary/aromatic N) is 3. The predicted molar refractivity (Wildman–Crippen MR) is 95.7 cm³/mol. The van der Waals surface area contributed by atoms with Crippen molar-refractivity contribution in [1.82, 2.24) is 15.2 Å². The van der Waals surface area contributed by atoms with Crippen LogP contribution in [0.25, 0.3) is 0 Å². The third-order valence-corrected chi connectivity index (χ3v) is 5.42. The molecule has 0 saturated heterocycles. The van der Waals surface area contributed by atoms with Gasteiger partial charge in [0.15, 0.2) is 5.82 Å². The molecule has 1 N–H and O–H groups in total. The summed E-state index contributed by atoms with van der Waals surface area (Å²) in [6.45, 7) is 6.24. The Morgan fingerprint density at radius 3 is 2.75 bits per heavy atom. The second-order valence-electron chi connectivity index (χ2n) is 7.53. The molecule has 124 valence electrons. The van der Waals surface area contributed by atoms with E-state index in [-0.39, 0.29) is 23.0 Å². The molecule has 0 aromatic carbocycles. The van der Waals surface area contributed by atoms with Crippen LogP contribution in [0.1, 0.15) is 49.6 Å². The number of halogens is 1. The summed E-state index contributed by atoms with van der Waals surface area (Å²) >= 11 is 3.43. The van der Waals surface area contributed by atoms with Crippen molar-refractivity contribution in [2.45, 2.75) is 39.5 Å². The highest BCUT2D eigenvalue weighted by Crippen LogP contribution is 2.48. The highest BCUT2D eigenvalue weighted by molar-refractivity contribution is 9.10. The minimum absolute atomic E-state index is 0.0486. The molecule has 1 fully saturated rings. The van der Waals surface area contributed by atoms with Crippen molar-refractivity contribution in [3.8, 4) is 0 Å². The lowest BCUT2D eigenvalue weighted by Crippen LogP contribution is -2.42. The molecule has 1 aliphatic carbocycles. The van der Waals surface area contributed by atoms with Crippen molar-refractivity contribution in [1.29, 1.82) is 0 Å². The summed E-state index contributed by atoms with van der Waals surface area (Å²) in [7, 11) is 0. The maximum absolute atomic E-state index is 13.0. The van der Waals surface area contributed by atoms with Gasteiger partial charge in [-0.2, -0.15) is 5.10 Å². The first-order valence-corrected chi connectivity index (χ1v) is 8.91. The molecule has 1 aliphatic heterocycles. The van der Waals surface area contributed by atoms with Gasteiger partial charge in [-0.1, -0.05) is 13.8 Å². The minimum Gasteiger partial charge on any atom is -0.299 e. The van der Waals surface area contributed by atoms with Gasteiger partial charge in [0.25, 0.3) is 0 Å². The van der Waals surface area contributed by atoms with E-state index < -0.39 is 0 Å². The zero-order valence-electron chi connectivity index (χ0n) is 13.9. The zero-order valence-corrected chi connectivity index (χ0v) is 15.5. The Kier molecular flexibility index (Phi) is 3.49. The Labute approximate surface area is 149 Å². The van der Waals surface area contributed by atoms with Gasteiger partial charge < -0.3 is 0 Å². The van der Waals surface area contributed by atoms with E-state index in [1.807, 2.05) is 19.1 Å². The fourth-order valence-electron chi connectivity index (χ4n) is 3.99. The monoisotopic (exact) mass is 386 g/mol. The van der Waals surface area contributed by atoms with Gasteiger partial charge in [0.1, 0.15) is 5.78 Å². The van der Waals surface area contributed by atoms with Gasteiger partial charge in [-0.3, -0.25) is 14.9 Å². The number of aromatic amines is 1. The molecule has 1 saturated carbocycles. The molecule has 6 heteroatoms. The number of aromatic nitrogens is 3. The number of hydrogen-bond acceptors (Lipinski definition) is 4. The SMILES string of the molecule is Cc1[nH]nc2c1C(c1ccc(Br)cn1)C1C(=O)CC(C)(C)CC1=N2. The third kappa shape index (κ3) is 2.44. The summed E-state index contributed by atoms with van der Waals surface area (Å²) < 4.78 is 0.927. The van der Waals surface area contributed by atoms with E-state index in [2.05, 4.69) is 45.0 Å². The molecule has 0 radical (unpaired) electrons. The number of hydrogen-bond donors (Lipinski definition) is 1. The van der Waals surface area contributed by atoms with Crippen LogP contribution in [0.2, 0.25) is 0 Å². The number of aryl methyl sites for hydroxylation is 1. The molecule has 0 bridgehead atoms. The lowest BCUT2D eigenvalue weighted by Gasteiger charge is -2.39. The van der Waals surface area contributed by atoms with E-state index in [0.29, 0.717) is 12.2 Å². The number of nitrogens with one attached hydrogen (secondary N) is 1. The topological polar surface area (TPSA) is 71.0 Å². The first-order valence-electron chi connectivity index (χ1n) is 8.12. The van der Waals surface area contributed by atoms with Crippen molar-refractivity contribution in [2.75, 3.05) is 0 Å². The van der Waals surface area contributed by atoms with Crippen molar-refractivity contribution in [2.24, 2.45) is 16.3 Å². The van der Waals surface area contributed by atoms with Crippen molar-refractivity contribution in [3.63, 3.8) is 0 Å². The number of carbonyl (C=O) groups excluding carboxylic acids is 1. The number of H-pyrrole nitrogens is 1. The Hall–Kier alpha value is -1.82. The summed E-state index contributed by atoms with van der Waals surface area (Å²) in [4.78, 5) is 22.3. The largest absolute Gasteiger partial charge is 0.299 e. The fourth-order valence-corrected chi connectivity index (χ4v) is 4.23. The average Bonchev–Trinajstić information content (AvgIpc) is 2.86. The molecule has 0 spiro atoms. The molecule has 2 atom stereocenters. The van der Waals surface area contributed by atoms with Crippen LogP contribution in [0.5, 0.6) is 0 Å². The van der Waals surface area contributed by atoms with E-state index in [9.17, 15) is 4.79 Å². The Morgan fingerprint density at radius 1 is 1.25 bits per heavy atom. The van der Waals surface area contributed by atoms with Crippen LogP contribution in [0.15, 0.2) is 27.8 Å². The van der Waals surface area contributed by atoms with Gasteiger partial charge in [-0.05, 0) is 46.8 Å². The predicted octanol–water partition coefficient (Wildman–Crippen LogP) is 4.10. The van der Waals surface area contributed by atoms with Crippen LogP contribution in [-0.2, 0) is 4.79 Å². The van der Waals surface area contributed by atoms with E-state index >= 15 is 0 Å². The lowest BCUT2D eigenvalue weighted by atomic mass is 9.64. The van der Waals surface area contributed by atoms with Crippen molar-refractivity contribution in [3.05, 3.63) is 39.8 Å².